The Bertz CT molecular complexity index is 666. The van der Waals surface area contributed by atoms with Gasteiger partial charge in [0.1, 0.15) is 5.66 Å². The third-order valence-electron chi connectivity index (χ3n) is 4.68. The van der Waals surface area contributed by atoms with Crippen LogP contribution in [0.5, 0.6) is 0 Å². The fourth-order valence-electron chi connectivity index (χ4n) is 3.73. The molecular weight excluding hydrogens is 270 g/mol. The van der Waals surface area contributed by atoms with Crippen molar-refractivity contribution in [3.63, 3.8) is 0 Å². The van der Waals surface area contributed by atoms with E-state index in [1.807, 2.05) is 0 Å². The molecule has 0 saturated carbocycles. The van der Waals surface area contributed by atoms with Gasteiger partial charge in [0.05, 0.1) is 12.3 Å². The Morgan fingerprint density at radius 2 is 1.64 bits per heavy atom. The summed E-state index contributed by atoms with van der Waals surface area (Å²) in [5, 5.41) is 3.79. The molecule has 1 fully saturated rings. The summed E-state index contributed by atoms with van der Waals surface area (Å²) in [6, 6.07) is 21.3. The summed E-state index contributed by atoms with van der Waals surface area (Å²) < 4.78 is 0. The van der Waals surface area contributed by atoms with E-state index >= 15 is 0 Å². The van der Waals surface area contributed by atoms with Crippen molar-refractivity contribution in [2.75, 3.05) is 26.2 Å². The summed E-state index contributed by atoms with van der Waals surface area (Å²) >= 11 is 0. The second-order valence-corrected chi connectivity index (χ2v) is 5.94. The first kappa shape index (κ1) is 13.7. The summed E-state index contributed by atoms with van der Waals surface area (Å²) in [6.07, 6.45) is 1.19. The lowest BCUT2D eigenvalue weighted by Crippen LogP contribution is -2.67. The van der Waals surface area contributed by atoms with Crippen LogP contribution in [0.3, 0.4) is 0 Å². The Kier molecular flexibility index (Phi) is 3.53. The van der Waals surface area contributed by atoms with Gasteiger partial charge in [0.25, 0.3) is 0 Å². The maximum atomic E-state index is 4.95. The Morgan fingerprint density at radius 1 is 0.909 bits per heavy atom. The standard InChI is InChI=1S/C19H21N3/c1-3-8-16(9-4-1)18-19(17-10-5-2-6-11-17)21-12-7-14-22(19)15-13-20-18/h1-6,8-11,21H,7,12-15H2/t19-/m1/s1. The largest absolute Gasteiger partial charge is 0.290 e. The number of hydrogen-bond donors (Lipinski definition) is 1. The number of hydrogen-bond acceptors (Lipinski definition) is 3. The van der Waals surface area contributed by atoms with Crippen LogP contribution < -0.4 is 5.32 Å². The fourth-order valence-corrected chi connectivity index (χ4v) is 3.73. The van der Waals surface area contributed by atoms with E-state index in [2.05, 4.69) is 70.9 Å². The predicted molar refractivity (Wildman–Crippen MR) is 90.2 cm³/mol. The molecule has 0 aromatic heterocycles. The Morgan fingerprint density at radius 3 is 2.41 bits per heavy atom. The van der Waals surface area contributed by atoms with Crippen molar-refractivity contribution >= 4 is 5.71 Å². The lowest BCUT2D eigenvalue weighted by molar-refractivity contribution is 0.0769. The molecule has 2 aliphatic heterocycles. The minimum atomic E-state index is -0.279. The highest BCUT2D eigenvalue weighted by molar-refractivity contribution is 6.08. The molecule has 3 heteroatoms. The number of nitrogens with zero attached hydrogens (tertiary/aromatic N) is 2. The average molecular weight is 291 g/mol. The van der Waals surface area contributed by atoms with Crippen molar-refractivity contribution in [1.29, 1.82) is 0 Å². The molecule has 1 N–H and O–H groups in total. The molecule has 2 aliphatic rings. The highest BCUT2D eigenvalue weighted by Crippen LogP contribution is 2.35. The third kappa shape index (κ3) is 2.09. The fraction of sp³-hybridized carbons (Fsp3) is 0.316. The molecule has 1 saturated heterocycles. The molecule has 0 aliphatic carbocycles. The van der Waals surface area contributed by atoms with Crippen LogP contribution in [0.1, 0.15) is 17.5 Å². The summed E-state index contributed by atoms with van der Waals surface area (Å²) in [4.78, 5) is 7.50. The van der Waals surface area contributed by atoms with Crippen LogP contribution in [0.2, 0.25) is 0 Å². The van der Waals surface area contributed by atoms with Gasteiger partial charge in [-0.25, -0.2) is 0 Å². The Hall–Kier alpha value is -1.97. The maximum absolute atomic E-state index is 4.95. The van der Waals surface area contributed by atoms with Crippen LogP contribution >= 0.6 is 0 Å². The molecule has 2 aromatic carbocycles. The molecule has 0 amide bonds. The van der Waals surface area contributed by atoms with Crippen LogP contribution in [0.4, 0.5) is 0 Å². The zero-order valence-electron chi connectivity index (χ0n) is 12.7. The number of benzene rings is 2. The van der Waals surface area contributed by atoms with E-state index in [1.54, 1.807) is 0 Å². The van der Waals surface area contributed by atoms with Gasteiger partial charge in [-0.1, -0.05) is 60.7 Å². The van der Waals surface area contributed by atoms with E-state index in [1.165, 1.54) is 17.5 Å². The minimum absolute atomic E-state index is 0.279. The van der Waals surface area contributed by atoms with E-state index in [4.69, 9.17) is 4.99 Å². The SMILES string of the molecule is c1ccc(C2=NCCN3CCCN[C@@]23c2ccccc2)cc1. The van der Waals surface area contributed by atoms with Gasteiger partial charge in [0.15, 0.2) is 0 Å². The van der Waals surface area contributed by atoms with E-state index < -0.39 is 0 Å². The van der Waals surface area contributed by atoms with E-state index in [9.17, 15) is 0 Å². The molecule has 2 heterocycles. The van der Waals surface area contributed by atoms with Crippen LogP contribution in [-0.2, 0) is 5.66 Å². The van der Waals surface area contributed by atoms with E-state index in [-0.39, 0.29) is 5.66 Å². The Labute approximate surface area is 131 Å². The Balaban J connectivity index is 1.90. The smallest absolute Gasteiger partial charge is 0.141 e. The van der Waals surface area contributed by atoms with E-state index in [0.717, 1.165) is 31.9 Å². The van der Waals surface area contributed by atoms with E-state index in [0.29, 0.717) is 0 Å². The van der Waals surface area contributed by atoms with Crippen molar-refractivity contribution in [2.24, 2.45) is 4.99 Å². The maximum Gasteiger partial charge on any atom is 0.141 e. The lowest BCUT2D eigenvalue weighted by atomic mass is 9.85. The number of rotatable bonds is 2. The molecular formula is C19H21N3. The van der Waals surface area contributed by atoms with Crippen molar-refractivity contribution in [2.45, 2.75) is 12.1 Å². The van der Waals surface area contributed by atoms with Gasteiger partial charge in [0.2, 0.25) is 0 Å². The summed E-state index contributed by atoms with van der Waals surface area (Å²) in [6.45, 7) is 4.03. The lowest BCUT2D eigenvalue weighted by Gasteiger charge is -2.51. The van der Waals surface area contributed by atoms with Gasteiger partial charge in [-0.3, -0.25) is 15.2 Å². The van der Waals surface area contributed by atoms with Gasteiger partial charge < -0.3 is 0 Å². The van der Waals surface area contributed by atoms with Crippen molar-refractivity contribution in [3.8, 4) is 0 Å². The highest BCUT2D eigenvalue weighted by atomic mass is 15.4. The zero-order chi connectivity index (χ0) is 14.8. The summed E-state index contributed by atoms with van der Waals surface area (Å²) in [7, 11) is 0. The first-order valence-corrected chi connectivity index (χ1v) is 8.07. The van der Waals surface area contributed by atoms with Gasteiger partial charge in [-0.2, -0.15) is 0 Å². The highest BCUT2D eigenvalue weighted by Gasteiger charge is 2.46. The molecule has 0 spiro atoms. The third-order valence-corrected chi connectivity index (χ3v) is 4.68. The molecule has 0 bridgehead atoms. The van der Waals surface area contributed by atoms with Crippen LogP contribution in [0, 0.1) is 0 Å². The predicted octanol–water partition coefficient (Wildman–Crippen LogP) is 2.64. The normalized spacial score (nSPS) is 25.4. The molecule has 4 rings (SSSR count). The molecule has 0 radical (unpaired) electrons. The molecule has 3 nitrogen and oxygen atoms in total. The first-order chi connectivity index (χ1) is 10.9. The van der Waals surface area contributed by atoms with Crippen molar-refractivity contribution in [3.05, 3.63) is 71.8 Å². The second-order valence-electron chi connectivity index (χ2n) is 5.94. The van der Waals surface area contributed by atoms with Crippen molar-refractivity contribution < 1.29 is 0 Å². The van der Waals surface area contributed by atoms with Gasteiger partial charge in [-0.05, 0) is 24.1 Å². The van der Waals surface area contributed by atoms with Crippen LogP contribution in [0.15, 0.2) is 65.7 Å². The quantitative estimate of drug-likeness (QED) is 0.921. The average Bonchev–Trinajstić information content (AvgIpc) is 2.62. The van der Waals surface area contributed by atoms with Gasteiger partial charge >= 0.3 is 0 Å². The minimum Gasteiger partial charge on any atom is -0.290 e. The topological polar surface area (TPSA) is 27.6 Å². The molecule has 22 heavy (non-hydrogen) atoms. The van der Waals surface area contributed by atoms with Crippen molar-refractivity contribution in [1.82, 2.24) is 10.2 Å². The molecule has 2 aromatic rings. The molecule has 112 valence electrons. The first-order valence-electron chi connectivity index (χ1n) is 8.07. The zero-order valence-corrected chi connectivity index (χ0v) is 12.7. The number of aliphatic imine (C=N–C) groups is 1. The molecule has 0 unspecified atom stereocenters. The monoisotopic (exact) mass is 291 g/mol. The van der Waals surface area contributed by atoms with Crippen LogP contribution in [0.25, 0.3) is 0 Å². The van der Waals surface area contributed by atoms with Gasteiger partial charge in [0, 0.05) is 13.1 Å². The number of nitrogens with one attached hydrogen (secondary N) is 1. The molecule has 1 atom stereocenters. The van der Waals surface area contributed by atoms with Crippen LogP contribution in [-0.4, -0.2) is 36.8 Å². The summed E-state index contributed by atoms with van der Waals surface area (Å²) in [5.74, 6) is 0. The van der Waals surface area contributed by atoms with Gasteiger partial charge in [-0.15, -0.1) is 0 Å². The number of fused-ring (bicyclic) bond motifs is 1. The second kappa shape index (κ2) is 5.67. The summed E-state index contributed by atoms with van der Waals surface area (Å²) in [5.41, 5.74) is 3.38.